The van der Waals surface area contributed by atoms with Gasteiger partial charge in [-0.05, 0) is 26.0 Å². The van der Waals surface area contributed by atoms with Crippen LogP contribution in [0, 0.1) is 10.1 Å². The number of non-ortho nitro benzene ring substituents is 1. The molecule has 0 bridgehead atoms. The van der Waals surface area contributed by atoms with Crippen molar-refractivity contribution in [2.24, 2.45) is 0 Å². The average molecular weight is 289 g/mol. The number of nitrogens with zero attached hydrogens (tertiary/aromatic N) is 3. The van der Waals surface area contributed by atoms with E-state index in [1.165, 1.54) is 33.4 Å². The molecule has 0 saturated heterocycles. The molecule has 0 spiro atoms. The van der Waals surface area contributed by atoms with E-state index in [0.717, 1.165) is 0 Å². The summed E-state index contributed by atoms with van der Waals surface area (Å²) in [7, 11) is 0. The van der Waals surface area contributed by atoms with Gasteiger partial charge in [-0.3, -0.25) is 24.0 Å². The Labute approximate surface area is 120 Å². The number of rotatable bonds is 5. The quantitative estimate of drug-likeness (QED) is 0.478. The van der Waals surface area contributed by atoms with Crippen LogP contribution in [0.5, 0.6) is 0 Å². The number of ketones is 1. The van der Waals surface area contributed by atoms with Gasteiger partial charge in [0.2, 0.25) is 0 Å². The van der Waals surface area contributed by atoms with Crippen LogP contribution in [-0.4, -0.2) is 19.8 Å². The molecule has 0 radical (unpaired) electrons. The topological polar surface area (TPSA) is 87.1 Å². The highest BCUT2D eigenvalue weighted by molar-refractivity contribution is 5.96. The Kier molecular flexibility index (Phi) is 4.02. The van der Waals surface area contributed by atoms with Crippen molar-refractivity contribution in [1.82, 2.24) is 9.13 Å². The highest BCUT2D eigenvalue weighted by Gasteiger charge is 2.13. The molecule has 0 aliphatic heterocycles. The fourth-order valence-corrected chi connectivity index (χ4v) is 1.96. The van der Waals surface area contributed by atoms with Crippen molar-refractivity contribution in [3.63, 3.8) is 0 Å². The third-order valence-electron chi connectivity index (χ3n) is 3.14. The van der Waals surface area contributed by atoms with Crippen molar-refractivity contribution in [2.75, 3.05) is 0 Å². The largest absolute Gasteiger partial charge is 0.328 e. The van der Waals surface area contributed by atoms with E-state index < -0.39 is 4.92 Å². The monoisotopic (exact) mass is 289 g/mol. The number of nitro benzene ring substituents is 1. The number of benzene rings is 1. The predicted molar refractivity (Wildman–Crippen MR) is 76.5 cm³/mol. The number of nitro groups is 1. The maximum atomic E-state index is 12.1. The Morgan fingerprint density at radius 3 is 2.33 bits per heavy atom. The maximum absolute atomic E-state index is 12.1. The summed E-state index contributed by atoms with van der Waals surface area (Å²) in [5.41, 5.74) is 0.0136. The lowest BCUT2D eigenvalue weighted by atomic mass is 10.1. The van der Waals surface area contributed by atoms with Crippen molar-refractivity contribution in [3.05, 3.63) is 62.8 Å². The summed E-state index contributed by atoms with van der Waals surface area (Å²) in [6.07, 6.45) is 3.20. The summed E-state index contributed by atoms with van der Waals surface area (Å²) in [6, 6.07) is 5.36. The van der Waals surface area contributed by atoms with Crippen LogP contribution in [0.25, 0.3) is 0 Å². The molecule has 0 atom stereocenters. The number of aromatic nitrogens is 2. The average Bonchev–Trinajstić information content (AvgIpc) is 2.80. The first-order valence-corrected chi connectivity index (χ1v) is 6.45. The molecule has 0 amide bonds. The van der Waals surface area contributed by atoms with Crippen LogP contribution < -0.4 is 5.69 Å². The third-order valence-corrected chi connectivity index (χ3v) is 3.14. The summed E-state index contributed by atoms with van der Waals surface area (Å²) < 4.78 is 2.85. The predicted octanol–water partition coefficient (Wildman–Crippen LogP) is 2.02. The second-order valence-corrected chi connectivity index (χ2v) is 4.94. The fourth-order valence-electron chi connectivity index (χ4n) is 1.96. The zero-order valence-corrected chi connectivity index (χ0v) is 11.7. The van der Waals surface area contributed by atoms with Gasteiger partial charge in [0.1, 0.15) is 0 Å². The minimum atomic E-state index is -0.526. The van der Waals surface area contributed by atoms with Gasteiger partial charge in [0.25, 0.3) is 5.69 Å². The van der Waals surface area contributed by atoms with Crippen LogP contribution in [0.15, 0.2) is 41.5 Å². The van der Waals surface area contributed by atoms with Gasteiger partial charge in [-0.2, -0.15) is 0 Å². The van der Waals surface area contributed by atoms with Crippen LogP contribution >= 0.6 is 0 Å². The lowest BCUT2D eigenvalue weighted by Crippen LogP contribution is -2.27. The van der Waals surface area contributed by atoms with Crippen molar-refractivity contribution >= 4 is 11.5 Å². The molecule has 110 valence electrons. The van der Waals surface area contributed by atoms with Gasteiger partial charge in [0, 0.05) is 36.1 Å². The van der Waals surface area contributed by atoms with Crippen LogP contribution in [-0.2, 0) is 6.54 Å². The normalized spacial score (nSPS) is 10.8. The molecule has 2 rings (SSSR count). The van der Waals surface area contributed by atoms with Crippen LogP contribution in [0.3, 0.4) is 0 Å². The summed E-state index contributed by atoms with van der Waals surface area (Å²) in [6.45, 7) is 3.67. The van der Waals surface area contributed by atoms with E-state index in [1.807, 2.05) is 13.8 Å². The smallest absolute Gasteiger partial charge is 0.297 e. The van der Waals surface area contributed by atoms with Crippen molar-refractivity contribution in [3.8, 4) is 0 Å². The van der Waals surface area contributed by atoms with Crippen LogP contribution in [0.2, 0.25) is 0 Å². The second kappa shape index (κ2) is 5.74. The number of Topliss-reactive ketones (excluding diaryl/α,β-unsaturated/α-hetero) is 1. The SMILES string of the molecule is CC(C)n1ccn(CC(=O)c2ccc([N+](=O)[O-])cc2)c1=O. The fraction of sp³-hybridized carbons (Fsp3) is 0.286. The molecular formula is C14H15N3O4. The summed E-state index contributed by atoms with van der Waals surface area (Å²) in [4.78, 5) is 34.1. The molecular weight excluding hydrogens is 274 g/mol. The van der Waals surface area contributed by atoms with E-state index in [0.29, 0.717) is 5.56 Å². The first-order valence-electron chi connectivity index (χ1n) is 6.45. The second-order valence-electron chi connectivity index (χ2n) is 4.94. The standard InChI is InChI=1S/C14H15N3O4/c1-10(2)16-8-7-15(14(16)19)9-13(18)11-3-5-12(6-4-11)17(20)21/h3-8,10H,9H2,1-2H3. The molecule has 7 heteroatoms. The molecule has 0 unspecified atom stereocenters. The zero-order chi connectivity index (χ0) is 15.6. The van der Waals surface area contributed by atoms with Crippen molar-refractivity contribution in [2.45, 2.75) is 26.4 Å². The van der Waals surface area contributed by atoms with Gasteiger partial charge in [0.15, 0.2) is 5.78 Å². The molecule has 21 heavy (non-hydrogen) atoms. The molecule has 7 nitrogen and oxygen atoms in total. The molecule has 1 aromatic carbocycles. The molecule has 0 N–H and O–H groups in total. The Morgan fingerprint density at radius 1 is 1.24 bits per heavy atom. The summed E-state index contributed by atoms with van der Waals surface area (Å²) >= 11 is 0. The van der Waals surface area contributed by atoms with E-state index in [2.05, 4.69) is 0 Å². The zero-order valence-electron chi connectivity index (χ0n) is 11.7. The first-order chi connectivity index (χ1) is 9.90. The minimum Gasteiger partial charge on any atom is -0.297 e. The van der Waals surface area contributed by atoms with E-state index in [-0.39, 0.29) is 29.7 Å². The van der Waals surface area contributed by atoms with E-state index in [1.54, 1.807) is 12.4 Å². The van der Waals surface area contributed by atoms with Crippen molar-refractivity contribution in [1.29, 1.82) is 0 Å². The lowest BCUT2D eigenvalue weighted by Gasteiger charge is -2.05. The Balaban J connectivity index is 2.18. The lowest BCUT2D eigenvalue weighted by molar-refractivity contribution is -0.384. The number of hydrogen-bond donors (Lipinski definition) is 0. The van der Waals surface area contributed by atoms with Crippen LogP contribution in [0.4, 0.5) is 5.69 Å². The number of imidazole rings is 1. The minimum absolute atomic E-state index is 0.0215. The molecule has 0 aliphatic carbocycles. The highest BCUT2D eigenvalue weighted by Crippen LogP contribution is 2.12. The maximum Gasteiger partial charge on any atom is 0.328 e. The van der Waals surface area contributed by atoms with Gasteiger partial charge in [-0.15, -0.1) is 0 Å². The Hall–Kier alpha value is -2.70. The Morgan fingerprint density at radius 2 is 1.86 bits per heavy atom. The van der Waals surface area contributed by atoms with Crippen LogP contribution in [0.1, 0.15) is 30.2 Å². The first kappa shape index (κ1) is 14.7. The van der Waals surface area contributed by atoms with Gasteiger partial charge in [0.05, 0.1) is 11.5 Å². The number of carbonyl (C=O) groups is 1. The Bertz CT molecular complexity index is 725. The number of hydrogen-bond acceptors (Lipinski definition) is 4. The van der Waals surface area contributed by atoms with E-state index in [4.69, 9.17) is 0 Å². The van der Waals surface area contributed by atoms with E-state index >= 15 is 0 Å². The van der Waals surface area contributed by atoms with Gasteiger partial charge in [-0.25, -0.2) is 4.79 Å². The molecule has 0 saturated carbocycles. The molecule has 1 heterocycles. The van der Waals surface area contributed by atoms with Gasteiger partial charge >= 0.3 is 5.69 Å². The number of carbonyl (C=O) groups excluding carboxylic acids is 1. The molecule has 2 aromatic rings. The summed E-state index contributed by atoms with van der Waals surface area (Å²) in [5, 5.41) is 10.6. The van der Waals surface area contributed by atoms with Gasteiger partial charge in [-0.1, -0.05) is 0 Å². The highest BCUT2D eigenvalue weighted by atomic mass is 16.6. The van der Waals surface area contributed by atoms with Gasteiger partial charge < -0.3 is 0 Å². The third kappa shape index (κ3) is 3.07. The molecule has 1 aromatic heterocycles. The van der Waals surface area contributed by atoms with E-state index in [9.17, 15) is 19.7 Å². The molecule has 0 fully saturated rings. The molecule has 0 aliphatic rings. The summed E-state index contributed by atoms with van der Waals surface area (Å²) in [5.74, 6) is -0.270. The van der Waals surface area contributed by atoms with Crippen molar-refractivity contribution < 1.29 is 9.72 Å².